The van der Waals surface area contributed by atoms with Crippen LogP contribution >= 0.6 is 0 Å². The second-order valence-corrected chi connectivity index (χ2v) is 7.28. The number of carbonyl (C=O) groups is 1. The molecular weight excluding hydrogens is 392 g/mol. The zero-order valence-corrected chi connectivity index (χ0v) is 17.4. The van der Waals surface area contributed by atoms with Gasteiger partial charge in [0.2, 0.25) is 5.91 Å². The van der Waals surface area contributed by atoms with E-state index in [2.05, 4.69) is 5.10 Å². The Morgan fingerprint density at radius 2 is 1.68 bits per heavy atom. The van der Waals surface area contributed by atoms with Crippen LogP contribution in [-0.2, 0) is 11.4 Å². The largest absolute Gasteiger partial charge is 0.497 e. The molecule has 0 saturated heterocycles. The molecule has 0 saturated carbocycles. The number of methoxy groups -OCH3 is 1. The van der Waals surface area contributed by atoms with Gasteiger partial charge in [-0.05, 0) is 35.4 Å². The first-order valence-electron chi connectivity index (χ1n) is 10.0. The monoisotopic (exact) mass is 416 g/mol. The van der Waals surface area contributed by atoms with Gasteiger partial charge in [0.05, 0.1) is 7.11 Å². The number of ether oxygens (including phenoxy) is 2. The van der Waals surface area contributed by atoms with Crippen LogP contribution in [0.2, 0.25) is 0 Å². The van der Waals surface area contributed by atoms with Crippen LogP contribution in [-0.4, -0.2) is 34.9 Å². The van der Waals surface area contributed by atoms with Gasteiger partial charge in [0.25, 0.3) is 0 Å². The second-order valence-electron chi connectivity index (χ2n) is 7.28. The van der Waals surface area contributed by atoms with E-state index in [-0.39, 0.29) is 5.91 Å². The number of rotatable bonds is 6. The van der Waals surface area contributed by atoms with E-state index in [1.165, 1.54) is 11.9 Å². The predicted molar refractivity (Wildman–Crippen MR) is 118 cm³/mol. The number of nitrogens with zero attached hydrogens (tertiary/aromatic N) is 2. The number of aliphatic hydroxyl groups is 1. The lowest BCUT2D eigenvalue weighted by Crippen LogP contribution is -2.32. The van der Waals surface area contributed by atoms with E-state index in [4.69, 9.17) is 9.47 Å². The molecule has 0 spiro atoms. The molecule has 0 fully saturated rings. The Labute approximate surface area is 181 Å². The van der Waals surface area contributed by atoms with E-state index in [1.54, 1.807) is 19.2 Å². The van der Waals surface area contributed by atoms with Gasteiger partial charge in [0, 0.05) is 12.5 Å². The average Bonchev–Trinajstić information content (AvgIpc) is 3.16. The van der Waals surface area contributed by atoms with Crippen molar-refractivity contribution in [3.8, 4) is 11.5 Å². The number of benzene rings is 3. The highest BCUT2D eigenvalue weighted by molar-refractivity contribution is 6.08. The van der Waals surface area contributed by atoms with Crippen molar-refractivity contribution in [3.63, 3.8) is 0 Å². The molecule has 158 valence electrons. The van der Waals surface area contributed by atoms with E-state index in [0.29, 0.717) is 29.4 Å². The highest BCUT2D eigenvalue weighted by Gasteiger charge is 2.40. The number of hydrogen-bond donors (Lipinski definition) is 1. The van der Waals surface area contributed by atoms with Crippen LogP contribution in [0.3, 0.4) is 0 Å². The molecule has 1 aliphatic heterocycles. The Kier molecular flexibility index (Phi) is 6.00. The highest BCUT2D eigenvalue weighted by Crippen LogP contribution is 2.36. The summed E-state index contributed by atoms with van der Waals surface area (Å²) < 4.78 is 11.3. The SMILES string of the molecule is COc1ccc(C2C(O)C(c3ccccc3OCc3ccccc3)=NN2C(C)=O)cc1. The maximum absolute atomic E-state index is 12.3. The van der Waals surface area contributed by atoms with Crippen molar-refractivity contribution >= 4 is 11.6 Å². The Morgan fingerprint density at radius 3 is 2.35 bits per heavy atom. The summed E-state index contributed by atoms with van der Waals surface area (Å²) in [6, 6.07) is 23.9. The molecule has 1 heterocycles. The van der Waals surface area contributed by atoms with Crippen LogP contribution in [0.4, 0.5) is 0 Å². The average molecular weight is 416 g/mol. The molecule has 0 aliphatic carbocycles. The van der Waals surface area contributed by atoms with Gasteiger partial charge in [-0.25, -0.2) is 5.01 Å². The Bertz CT molecular complexity index is 1080. The number of hydrogen-bond acceptors (Lipinski definition) is 5. The third-order valence-electron chi connectivity index (χ3n) is 5.24. The van der Waals surface area contributed by atoms with Crippen molar-refractivity contribution in [2.24, 2.45) is 5.10 Å². The molecule has 0 aromatic heterocycles. The number of hydrazone groups is 1. The molecule has 0 bridgehead atoms. The Hall–Kier alpha value is -3.64. The van der Waals surface area contributed by atoms with Crippen molar-refractivity contribution in [2.45, 2.75) is 25.7 Å². The van der Waals surface area contributed by atoms with Crippen LogP contribution in [0.5, 0.6) is 11.5 Å². The fourth-order valence-electron chi connectivity index (χ4n) is 3.66. The van der Waals surface area contributed by atoms with Crippen molar-refractivity contribution in [2.75, 3.05) is 7.11 Å². The van der Waals surface area contributed by atoms with Gasteiger partial charge in [-0.3, -0.25) is 4.79 Å². The number of carbonyl (C=O) groups excluding carboxylic acids is 1. The molecule has 2 atom stereocenters. The van der Waals surface area contributed by atoms with E-state index in [9.17, 15) is 9.90 Å². The fourth-order valence-corrected chi connectivity index (χ4v) is 3.66. The van der Waals surface area contributed by atoms with Gasteiger partial charge in [0.15, 0.2) is 0 Å². The van der Waals surface area contributed by atoms with Gasteiger partial charge < -0.3 is 14.6 Å². The van der Waals surface area contributed by atoms with Crippen LogP contribution in [0, 0.1) is 0 Å². The smallest absolute Gasteiger partial charge is 0.240 e. The quantitative estimate of drug-likeness (QED) is 0.661. The molecule has 6 heteroatoms. The van der Waals surface area contributed by atoms with Gasteiger partial charge in [-0.2, -0.15) is 5.10 Å². The number of amides is 1. The summed E-state index contributed by atoms with van der Waals surface area (Å²) >= 11 is 0. The van der Waals surface area contributed by atoms with Gasteiger partial charge >= 0.3 is 0 Å². The first-order chi connectivity index (χ1) is 15.1. The van der Waals surface area contributed by atoms with E-state index < -0.39 is 12.1 Å². The second kappa shape index (κ2) is 9.02. The predicted octanol–water partition coefficient (Wildman–Crippen LogP) is 3.94. The van der Waals surface area contributed by atoms with Crippen LogP contribution in [0.1, 0.15) is 29.7 Å². The normalized spacial score (nSPS) is 17.9. The molecule has 0 radical (unpaired) electrons. The maximum Gasteiger partial charge on any atom is 0.240 e. The molecule has 1 amide bonds. The van der Waals surface area contributed by atoms with Crippen molar-refractivity contribution in [1.82, 2.24) is 5.01 Å². The third-order valence-corrected chi connectivity index (χ3v) is 5.24. The standard InChI is InChI=1S/C25H24N2O4/c1-17(28)27-24(19-12-14-20(30-2)15-13-19)25(29)23(26-27)21-10-6-7-11-22(21)31-16-18-8-4-3-5-9-18/h3-15,24-25,29H,16H2,1-2H3. The minimum Gasteiger partial charge on any atom is -0.497 e. The molecule has 6 nitrogen and oxygen atoms in total. The molecule has 4 rings (SSSR count). The Morgan fingerprint density at radius 1 is 1.00 bits per heavy atom. The lowest BCUT2D eigenvalue weighted by Gasteiger charge is -2.23. The minimum absolute atomic E-state index is 0.252. The van der Waals surface area contributed by atoms with Crippen molar-refractivity contribution in [3.05, 3.63) is 95.6 Å². The van der Waals surface area contributed by atoms with Crippen LogP contribution in [0.25, 0.3) is 0 Å². The summed E-state index contributed by atoms with van der Waals surface area (Å²) in [5.41, 5.74) is 2.87. The first kappa shape index (κ1) is 20.6. The summed E-state index contributed by atoms with van der Waals surface area (Å²) in [5, 5.41) is 17.0. The summed E-state index contributed by atoms with van der Waals surface area (Å²) in [4.78, 5) is 12.3. The zero-order valence-electron chi connectivity index (χ0n) is 17.4. The van der Waals surface area contributed by atoms with E-state index in [1.807, 2.05) is 66.7 Å². The lowest BCUT2D eigenvalue weighted by atomic mass is 9.95. The van der Waals surface area contributed by atoms with Crippen molar-refractivity contribution in [1.29, 1.82) is 0 Å². The maximum atomic E-state index is 12.3. The van der Waals surface area contributed by atoms with Gasteiger partial charge in [-0.15, -0.1) is 0 Å². The lowest BCUT2D eigenvalue weighted by molar-refractivity contribution is -0.131. The third kappa shape index (κ3) is 4.29. The van der Waals surface area contributed by atoms with Crippen LogP contribution in [0.15, 0.2) is 84.0 Å². The molecule has 1 aliphatic rings. The summed E-state index contributed by atoms with van der Waals surface area (Å²) in [6.07, 6.45) is -1.00. The molecule has 31 heavy (non-hydrogen) atoms. The van der Waals surface area contributed by atoms with Gasteiger partial charge in [-0.1, -0.05) is 54.6 Å². The number of para-hydroxylation sites is 1. The van der Waals surface area contributed by atoms with E-state index >= 15 is 0 Å². The fraction of sp³-hybridized carbons (Fsp3) is 0.200. The summed E-state index contributed by atoms with van der Waals surface area (Å²) in [5.74, 6) is 1.05. The van der Waals surface area contributed by atoms with Gasteiger partial charge in [0.1, 0.15) is 36.0 Å². The zero-order chi connectivity index (χ0) is 21.8. The minimum atomic E-state index is -1.00. The van der Waals surface area contributed by atoms with Crippen molar-refractivity contribution < 1.29 is 19.4 Å². The molecule has 2 unspecified atom stereocenters. The molecule has 3 aromatic rings. The summed E-state index contributed by atoms with van der Waals surface area (Å²) in [6.45, 7) is 1.83. The first-order valence-corrected chi connectivity index (χ1v) is 10.0. The summed E-state index contributed by atoms with van der Waals surface area (Å²) in [7, 11) is 1.59. The molecule has 1 N–H and O–H groups in total. The molecular formula is C25H24N2O4. The topological polar surface area (TPSA) is 71.4 Å². The number of aliphatic hydroxyl groups excluding tert-OH is 1. The van der Waals surface area contributed by atoms with Crippen LogP contribution < -0.4 is 9.47 Å². The Balaban J connectivity index is 1.64. The molecule has 3 aromatic carbocycles. The highest BCUT2D eigenvalue weighted by atomic mass is 16.5. The van der Waals surface area contributed by atoms with E-state index in [0.717, 1.165) is 11.1 Å².